The highest BCUT2D eigenvalue weighted by atomic mass is 16.5. The third kappa shape index (κ3) is 2.84. The van der Waals surface area contributed by atoms with Crippen molar-refractivity contribution < 1.29 is 9.32 Å². The number of aryl methyl sites for hydroxylation is 2. The summed E-state index contributed by atoms with van der Waals surface area (Å²) in [6, 6.07) is 10.1. The predicted molar refractivity (Wildman–Crippen MR) is 92.8 cm³/mol. The van der Waals surface area contributed by atoms with Gasteiger partial charge in [0.15, 0.2) is 0 Å². The van der Waals surface area contributed by atoms with Gasteiger partial charge in [0.05, 0.1) is 17.8 Å². The van der Waals surface area contributed by atoms with E-state index in [-0.39, 0.29) is 5.91 Å². The number of carbonyl (C=O) groups excluding carboxylic acids is 1. The van der Waals surface area contributed by atoms with E-state index in [4.69, 9.17) is 4.52 Å². The summed E-state index contributed by atoms with van der Waals surface area (Å²) >= 11 is 0. The molecule has 1 aromatic carbocycles. The third-order valence-corrected chi connectivity index (χ3v) is 4.84. The van der Waals surface area contributed by atoms with Gasteiger partial charge in [0, 0.05) is 41.9 Å². The second kappa shape index (κ2) is 6.20. The molecule has 1 aliphatic rings. The number of rotatable bonds is 3. The molecule has 0 radical (unpaired) electrons. The molecule has 4 rings (SSSR count). The molecular formula is C19H20N4O2. The number of aromatic nitrogens is 3. The van der Waals surface area contributed by atoms with E-state index in [1.165, 1.54) is 0 Å². The molecule has 0 unspecified atom stereocenters. The van der Waals surface area contributed by atoms with Crippen molar-refractivity contribution in [2.45, 2.75) is 33.2 Å². The molecule has 0 saturated heterocycles. The number of nitrogens with zero attached hydrogens (tertiary/aromatic N) is 3. The van der Waals surface area contributed by atoms with Crippen LogP contribution in [0.25, 0.3) is 11.3 Å². The lowest BCUT2D eigenvalue weighted by molar-refractivity contribution is -0.131. The lowest BCUT2D eigenvalue weighted by atomic mass is 10.0. The number of fused-ring (bicyclic) bond motifs is 1. The topological polar surface area (TPSA) is 75.0 Å². The maximum absolute atomic E-state index is 12.8. The third-order valence-electron chi connectivity index (χ3n) is 4.84. The number of carbonyl (C=O) groups is 1. The van der Waals surface area contributed by atoms with Crippen molar-refractivity contribution in [3.8, 4) is 11.3 Å². The number of H-pyrrole nitrogens is 1. The summed E-state index contributed by atoms with van der Waals surface area (Å²) in [7, 11) is 0. The van der Waals surface area contributed by atoms with Crippen LogP contribution in [0.1, 0.15) is 28.3 Å². The summed E-state index contributed by atoms with van der Waals surface area (Å²) in [5.41, 5.74) is 5.93. The Kier molecular flexibility index (Phi) is 3.87. The summed E-state index contributed by atoms with van der Waals surface area (Å²) in [5, 5.41) is 11.5. The Morgan fingerprint density at radius 3 is 2.80 bits per heavy atom. The van der Waals surface area contributed by atoms with Gasteiger partial charge in [-0.1, -0.05) is 35.5 Å². The first kappa shape index (κ1) is 15.6. The van der Waals surface area contributed by atoms with Crippen LogP contribution in [0.4, 0.5) is 0 Å². The minimum absolute atomic E-state index is 0.0975. The van der Waals surface area contributed by atoms with E-state index in [0.717, 1.165) is 46.0 Å². The van der Waals surface area contributed by atoms with Gasteiger partial charge in [-0.2, -0.15) is 5.10 Å². The molecule has 2 aromatic heterocycles. The van der Waals surface area contributed by atoms with Crippen LogP contribution in [0, 0.1) is 13.8 Å². The summed E-state index contributed by atoms with van der Waals surface area (Å²) in [4.78, 5) is 14.7. The zero-order valence-corrected chi connectivity index (χ0v) is 14.4. The Bertz CT molecular complexity index is 891. The fraction of sp³-hybridized carbons (Fsp3) is 0.316. The molecule has 0 aliphatic carbocycles. The Morgan fingerprint density at radius 1 is 1.28 bits per heavy atom. The van der Waals surface area contributed by atoms with E-state index < -0.39 is 0 Å². The minimum Gasteiger partial charge on any atom is -0.361 e. The molecule has 0 spiro atoms. The zero-order valence-electron chi connectivity index (χ0n) is 14.4. The number of amides is 1. The van der Waals surface area contributed by atoms with Crippen molar-refractivity contribution in [1.82, 2.24) is 20.3 Å². The number of benzene rings is 1. The smallest absolute Gasteiger partial charge is 0.227 e. The second-order valence-electron chi connectivity index (χ2n) is 6.44. The van der Waals surface area contributed by atoms with Gasteiger partial charge in [-0.05, 0) is 13.8 Å². The van der Waals surface area contributed by atoms with Gasteiger partial charge in [0.2, 0.25) is 5.91 Å². The highest BCUT2D eigenvalue weighted by molar-refractivity contribution is 5.80. The average molecular weight is 336 g/mol. The van der Waals surface area contributed by atoms with Crippen LogP contribution < -0.4 is 0 Å². The summed E-state index contributed by atoms with van der Waals surface area (Å²) < 4.78 is 5.17. The molecule has 0 atom stereocenters. The second-order valence-corrected chi connectivity index (χ2v) is 6.44. The van der Waals surface area contributed by atoms with Crippen LogP contribution in [0.15, 0.2) is 34.9 Å². The summed E-state index contributed by atoms with van der Waals surface area (Å²) in [6.45, 7) is 5.00. The number of hydrogen-bond acceptors (Lipinski definition) is 4. The van der Waals surface area contributed by atoms with E-state index in [9.17, 15) is 4.79 Å². The molecule has 25 heavy (non-hydrogen) atoms. The van der Waals surface area contributed by atoms with Crippen LogP contribution in [-0.4, -0.2) is 32.7 Å². The lowest BCUT2D eigenvalue weighted by Crippen LogP contribution is -2.37. The van der Waals surface area contributed by atoms with E-state index in [1.54, 1.807) is 0 Å². The summed E-state index contributed by atoms with van der Waals surface area (Å²) in [6.07, 6.45) is 1.12. The first-order valence-corrected chi connectivity index (χ1v) is 8.44. The highest BCUT2D eigenvalue weighted by Crippen LogP contribution is 2.28. The Labute approximate surface area is 145 Å². The fourth-order valence-electron chi connectivity index (χ4n) is 3.36. The Hall–Kier alpha value is -2.89. The Morgan fingerprint density at radius 2 is 2.08 bits per heavy atom. The quantitative estimate of drug-likeness (QED) is 0.798. The molecule has 0 bridgehead atoms. The molecule has 1 amide bonds. The maximum atomic E-state index is 12.8. The lowest BCUT2D eigenvalue weighted by Gasteiger charge is -2.27. The van der Waals surface area contributed by atoms with E-state index in [0.29, 0.717) is 19.5 Å². The first-order chi connectivity index (χ1) is 12.1. The van der Waals surface area contributed by atoms with Crippen LogP contribution in [0.2, 0.25) is 0 Å². The maximum Gasteiger partial charge on any atom is 0.227 e. The van der Waals surface area contributed by atoms with E-state index >= 15 is 0 Å². The molecule has 128 valence electrons. The molecule has 3 aromatic rings. The summed E-state index contributed by atoms with van der Waals surface area (Å²) in [5.74, 6) is 0.817. The molecule has 3 heterocycles. The fourth-order valence-corrected chi connectivity index (χ4v) is 3.36. The molecule has 0 fully saturated rings. The van der Waals surface area contributed by atoms with Crippen molar-refractivity contribution in [3.05, 3.63) is 58.6 Å². The number of hydrogen-bond donors (Lipinski definition) is 1. The molecule has 6 heteroatoms. The van der Waals surface area contributed by atoms with Crippen molar-refractivity contribution >= 4 is 5.91 Å². The normalized spacial score (nSPS) is 13.8. The van der Waals surface area contributed by atoms with E-state index in [2.05, 4.69) is 15.4 Å². The van der Waals surface area contributed by atoms with Crippen LogP contribution >= 0.6 is 0 Å². The van der Waals surface area contributed by atoms with Crippen molar-refractivity contribution in [1.29, 1.82) is 0 Å². The molecular weight excluding hydrogens is 316 g/mol. The molecule has 1 aliphatic heterocycles. The number of aromatic amines is 1. The van der Waals surface area contributed by atoms with E-state index in [1.807, 2.05) is 49.1 Å². The van der Waals surface area contributed by atoms with Gasteiger partial charge in [-0.15, -0.1) is 0 Å². The van der Waals surface area contributed by atoms with Gasteiger partial charge in [-0.25, -0.2) is 0 Å². The molecule has 0 saturated carbocycles. The predicted octanol–water partition coefficient (Wildman–Crippen LogP) is 2.81. The average Bonchev–Trinajstić information content (AvgIpc) is 3.20. The number of nitrogens with one attached hydrogen (secondary N) is 1. The Balaban J connectivity index is 1.56. The minimum atomic E-state index is 0.0975. The van der Waals surface area contributed by atoms with Gasteiger partial charge in [0.25, 0.3) is 0 Å². The first-order valence-electron chi connectivity index (χ1n) is 8.44. The van der Waals surface area contributed by atoms with Gasteiger partial charge < -0.3 is 9.42 Å². The van der Waals surface area contributed by atoms with Crippen molar-refractivity contribution in [2.24, 2.45) is 0 Å². The van der Waals surface area contributed by atoms with Crippen molar-refractivity contribution in [3.63, 3.8) is 0 Å². The highest BCUT2D eigenvalue weighted by Gasteiger charge is 2.26. The van der Waals surface area contributed by atoms with Gasteiger partial charge >= 0.3 is 0 Å². The van der Waals surface area contributed by atoms with Gasteiger partial charge in [0.1, 0.15) is 5.76 Å². The standard InChI is InChI=1S/C19H20N4O2/c1-12-15(13(2)25-22-12)10-18(24)23-9-8-17-16(11-23)19(21-20-17)14-6-4-3-5-7-14/h3-7H,8-11H2,1-2H3,(H,20,21). The zero-order chi connectivity index (χ0) is 17.4. The van der Waals surface area contributed by atoms with Crippen LogP contribution in [-0.2, 0) is 24.2 Å². The molecule has 1 N–H and O–H groups in total. The largest absolute Gasteiger partial charge is 0.361 e. The monoisotopic (exact) mass is 336 g/mol. The van der Waals surface area contributed by atoms with Crippen LogP contribution in [0.5, 0.6) is 0 Å². The van der Waals surface area contributed by atoms with Gasteiger partial charge in [-0.3, -0.25) is 9.89 Å². The SMILES string of the molecule is Cc1noc(C)c1CC(=O)N1CCc2[nH]nc(-c3ccccc3)c2C1. The molecule has 6 nitrogen and oxygen atoms in total. The van der Waals surface area contributed by atoms with Crippen molar-refractivity contribution in [2.75, 3.05) is 6.54 Å². The van der Waals surface area contributed by atoms with Crippen LogP contribution in [0.3, 0.4) is 0 Å².